The number of hydrogen-bond acceptors (Lipinski definition) is 1. The fraction of sp³-hybridized carbons (Fsp3) is 0.0714. The van der Waals surface area contributed by atoms with Crippen LogP contribution in [0.1, 0.15) is 5.56 Å². The van der Waals surface area contributed by atoms with Crippen LogP contribution in [0.2, 0.25) is 10.0 Å². The SMILES string of the molecule is O=c1[nH]c2cc(Cl)cc(Cl)c2n1Cc1ccccc1. The Hall–Kier alpha value is -1.71. The van der Waals surface area contributed by atoms with Crippen LogP contribution in [0.3, 0.4) is 0 Å². The van der Waals surface area contributed by atoms with Gasteiger partial charge in [0.2, 0.25) is 0 Å². The Balaban J connectivity index is 2.19. The highest BCUT2D eigenvalue weighted by molar-refractivity contribution is 6.38. The van der Waals surface area contributed by atoms with Gasteiger partial charge in [-0.05, 0) is 17.7 Å². The van der Waals surface area contributed by atoms with Crippen molar-refractivity contribution in [3.63, 3.8) is 0 Å². The predicted octanol–water partition coefficient (Wildman–Crippen LogP) is 3.68. The van der Waals surface area contributed by atoms with Crippen molar-refractivity contribution in [1.29, 1.82) is 0 Å². The summed E-state index contributed by atoms with van der Waals surface area (Å²) in [4.78, 5) is 14.8. The number of fused-ring (bicyclic) bond motifs is 1. The molecule has 1 heterocycles. The van der Waals surface area contributed by atoms with E-state index in [1.807, 2.05) is 30.3 Å². The highest BCUT2D eigenvalue weighted by atomic mass is 35.5. The molecule has 0 bridgehead atoms. The summed E-state index contributed by atoms with van der Waals surface area (Å²) in [5, 5.41) is 0.974. The summed E-state index contributed by atoms with van der Waals surface area (Å²) in [5.41, 5.74) is 2.18. The Kier molecular flexibility index (Phi) is 3.09. The smallest absolute Gasteiger partial charge is 0.305 e. The molecule has 0 aliphatic rings. The average Bonchev–Trinajstić information content (AvgIpc) is 2.67. The molecule has 0 unspecified atom stereocenters. The minimum Gasteiger partial charge on any atom is -0.305 e. The van der Waals surface area contributed by atoms with Crippen LogP contribution in [0.25, 0.3) is 11.0 Å². The van der Waals surface area contributed by atoms with E-state index < -0.39 is 0 Å². The van der Waals surface area contributed by atoms with Crippen molar-refractivity contribution in [3.8, 4) is 0 Å². The Morgan fingerprint density at radius 1 is 1.11 bits per heavy atom. The van der Waals surface area contributed by atoms with E-state index >= 15 is 0 Å². The molecule has 0 saturated carbocycles. The standard InChI is InChI=1S/C14H10Cl2N2O/c15-10-6-11(16)13-12(7-10)17-14(19)18(13)8-9-4-2-1-3-5-9/h1-7H,8H2,(H,17,19). The first-order valence-corrected chi connectivity index (χ1v) is 6.52. The third kappa shape index (κ3) is 2.27. The average molecular weight is 293 g/mol. The van der Waals surface area contributed by atoms with Crippen LogP contribution in [-0.2, 0) is 6.54 Å². The first-order valence-electron chi connectivity index (χ1n) is 5.76. The number of nitrogens with one attached hydrogen (secondary N) is 1. The first-order chi connectivity index (χ1) is 9.15. The number of aromatic nitrogens is 2. The van der Waals surface area contributed by atoms with Crippen LogP contribution in [-0.4, -0.2) is 9.55 Å². The van der Waals surface area contributed by atoms with E-state index in [9.17, 15) is 4.79 Å². The molecule has 0 atom stereocenters. The Bertz CT molecular complexity index is 790. The molecule has 3 aromatic rings. The third-order valence-corrected chi connectivity index (χ3v) is 3.47. The van der Waals surface area contributed by atoms with E-state index in [-0.39, 0.29) is 5.69 Å². The Labute approximate surface area is 119 Å². The lowest BCUT2D eigenvalue weighted by Gasteiger charge is -2.05. The summed E-state index contributed by atoms with van der Waals surface area (Å²) in [5.74, 6) is 0. The fourth-order valence-corrected chi connectivity index (χ4v) is 2.73. The van der Waals surface area contributed by atoms with E-state index in [4.69, 9.17) is 23.2 Å². The lowest BCUT2D eigenvalue weighted by Crippen LogP contribution is -2.17. The molecule has 5 heteroatoms. The van der Waals surface area contributed by atoms with Gasteiger partial charge in [-0.1, -0.05) is 53.5 Å². The number of H-pyrrole nitrogens is 1. The number of aromatic amines is 1. The quantitative estimate of drug-likeness (QED) is 0.769. The molecule has 3 rings (SSSR count). The zero-order valence-electron chi connectivity index (χ0n) is 9.86. The maximum Gasteiger partial charge on any atom is 0.326 e. The zero-order chi connectivity index (χ0) is 13.4. The number of halogens is 2. The van der Waals surface area contributed by atoms with Gasteiger partial charge in [0, 0.05) is 5.02 Å². The molecular weight excluding hydrogens is 283 g/mol. The molecular formula is C14H10Cl2N2O. The van der Waals surface area contributed by atoms with Crippen LogP contribution < -0.4 is 5.69 Å². The van der Waals surface area contributed by atoms with Crippen LogP contribution in [0.5, 0.6) is 0 Å². The van der Waals surface area contributed by atoms with E-state index in [1.165, 1.54) is 0 Å². The maximum absolute atomic E-state index is 12.0. The van der Waals surface area contributed by atoms with Crippen LogP contribution in [0.15, 0.2) is 47.3 Å². The normalized spacial score (nSPS) is 11.1. The summed E-state index contributed by atoms with van der Waals surface area (Å²) < 4.78 is 1.61. The van der Waals surface area contributed by atoms with Gasteiger partial charge in [-0.3, -0.25) is 4.57 Å². The van der Waals surface area contributed by atoms with E-state index in [0.29, 0.717) is 27.6 Å². The molecule has 1 aromatic heterocycles. The molecule has 0 saturated heterocycles. The number of imidazole rings is 1. The summed E-state index contributed by atoms with van der Waals surface area (Å²) in [6, 6.07) is 13.1. The van der Waals surface area contributed by atoms with E-state index in [2.05, 4.69) is 4.98 Å². The number of rotatable bonds is 2. The summed E-state index contributed by atoms with van der Waals surface area (Å²) in [6.07, 6.45) is 0. The second-order valence-electron chi connectivity index (χ2n) is 4.29. The van der Waals surface area contributed by atoms with Crippen molar-refractivity contribution >= 4 is 34.2 Å². The zero-order valence-corrected chi connectivity index (χ0v) is 11.4. The Morgan fingerprint density at radius 3 is 2.58 bits per heavy atom. The van der Waals surface area contributed by atoms with Gasteiger partial charge in [-0.15, -0.1) is 0 Å². The molecule has 0 aliphatic heterocycles. The maximum atomic E-state index is 12.0. The van der Waals surface area contributed by atoms with Crippen molar-refractivity contribution in [2.45, 2.75) is 6.54 Å². The second-order valence-corrected chi connectivity index (χ2v) is 5.13. The number of benzene rings is 2. The second kappa shape index (κ2) is 4.76. The predicted molar refractivity (Wildman–Crippen MR) is 78.1 cm³/mol. The first kappa shape index (κ1) is 12.3. The summed E-state index contributed by atoms with van der Waals surface area (Å²) in [7, 11) is 0. The fourth-order valence-electron chi connectivity index (χ4n) is 2.14. The number of nitrogens with zero attached hydrogens (tertiary/aromatic N) is 1. The van der Waals surface area contributed by atoms with Crippen molar-refractivity contribution in [3.05, 3.63) is 68.6 Å². The molecule has 3 nitrogen and oxygen atoms in total. The highest BCUT2D eigenvalue weighted by Crippen LogP contribution is 2.26. The van der Waals surface area contributed by atoms with E-state index in [1.54, 1.807) is 16.7 Å². The topological polar surface area (TPSA) is 37.8 Å². The third-order valence-electron chi connectivity index (χ3n) is 2.97. The largest absolute Gasteiger partial charge is 0.326 e. The molecule has 0 radical (unpaired) electrons. The number of hydrogen-bond donors (Lipinski definition) is 1. The molecule has 0 spiro atoms. The highest BCUT2D eigenvalue weighted by Gasteiger charge is 2.11. The van der Waals surface area contributed by atoms with Crippen LogP contribution in [0, 0.1) is 0 Å². The van der Waals surface area contributed by atoms with Gasteiger partial charge in [-0.25, -0.2) is 4.79 Å². The molecule has 2 aromatic carbocycles. The van der Waals surface area contributed by atoms with Gasteiger partial charge < -0.3 is 4.98 Å². The van der Waals surface area contributed by atoms with Crippen LogP contribution in [0.4, 0.5) is 0 Å². The van der Waals surface area contributed by atoms with Crippen molar-refractivity contribution in [2.75, 3.05) is 0 Å². The van der Waals surface area contributed by atoms with Gasteiger partial charge in [0.15, 0.2) is 0 Å². The summed E-state index contributed by atoms with van der Waals surface area (Å²) >= 11 is 12.1. The molecule has 0 fully saturated rings. The lowest BCUT2D eigenvalue weighted by atomic mass is 10.2. The molecule has 19 heavy (non-hydrogen) atoms. The van der Waals surface area contributed by atoms with Gasteiger partial charge in [-0.2, -0.15) is 0 Å². The summed E-state index contributed by atoms with van der Waals surface area (Å²) in [6.45, 7) is 0.473. The molecule has 96 valence electrons. The molecule has 1 N–H and O–H groups in total. The van der Waals surface area contributed by atoms with Gasteiger partial charge in [0.25, 0.3) is 0 Å². The molecule has 0 amide bonds. The Morgan fingerprint density at radius 2 is 1.84 bits per heavy atom. The molecule has 0 aliphatic carbocycles. The van der Waals surface area contributed by atoms with Crippen molar-refractivity contribution in [2.24, 2.45) is 0 Å². The van der Waals surface area contributed by atoms with Gasteiger partial charge >= 0.3 is 5.69 Å². The monoisotopic (exact) mass is 292 g/mol. The van der Waals surface area contributed by atoms with Crippen LogP contribution >= 0.6 is 23.2 Å². The minimum absolute atomic E-state index is 0.192. The minimum atomic E-state index is -0.192. The van der Waals surface area contributed by atoms with Crippen molar-refractivity contribution in [1.82, 2.24) is 9.55 Å². The van der Waals surface area contributed by atoms with Gasteiger partial charge in [0.1, 0.15) is 0 Å². The van der Waals surface area contributed by atoms with Crippen molar-refractivity contribution < 1.29 is 0 Å². The lowest BCUT2D eigenvalue weighted by molar-refractivity contribution is 0.787. The van der Waals surface area contributed by atoms with Gasteiger partial charge in [0.05, 0.1) is 22.6 Å². The van der Waals surface area contributed by atoms with E-state index in [0.717, 1.165) is 5.56 Å².